The summed E-state index contributed by atoms with van der Waals surface area (Å²) in [7, 11) is -4.58. The van der Waals surface area contributed by atoms with Crippen LogP contribution in [0.5, 0.6) is 5.75 Å². The summed E-state index contributed by atoms with van der Waals surface area (Å²) in [5.41, 5.74) is 5.64. The molecule has 0 spiro atoms. The Labute approximate surface area is 303 Å². The van der Waals surface area contributed by atoms with Crippen molar-refractivity contribution in [1.29, 1.82) is 0 Å². The first kappa shape index (κ1) is 36.8. The summed E-state index contributed by atoms with van der Waals surface area (Å²) in [6, 6.07) is 18.6. The number of halogens is 1. The smallest absolute Gasteiger partial charge is 0.306 e. The number of ether oxygens (including phenoxy) is 2. The summed E-state index contributed by atoms with van der Waals surface area (Å²) >= 11 is 1.95. The first-order valence-electron chi connectivity index (χ1n) is 17.3. The maximum Gasteiger partial charge on any atom is 0.306 e. The maximum absolute atomic E-state index is 15.7. The van der Waals surface area contributed by atoms with Crippen LogP contribution >= 0.6 is 11.8 Å². The number of esters is 1. The average molecular weight is 734 g/mol. The van der Waals surface area contributed by atoms with Crippen LogP contribution in [-0.2, 0) is 32.4 Å². The van der Waals surface area contributed by atoms with Crippen molar-refractivity contribution in [2.45, 2.75) is 76.3 Å². The Balaban J connectivity index is 1.41. The van der Waals surface area contributed by atoms with Gasteiger partial charge >= 0.3 is 5.97 Å². The predicted octanol–water partition coefficient (Wildman–Crippen LogP) is 7.27. The van der Waals surface area contributed by atoms with Crippen molar-refractivity contribution >= 4 is 39.1 Å². The molecule has 1 atom stereocenters. The molecule has 1 N–H and O–H groups in total. The molecule has 9 nitrogen and oxygen atoms in total. The molecule has 0 bridgehead atoms. The van der Waals surface area contributed by atoms with Gasteiger partial charge in [0, 0.05) is 12.5 Å². The molecule has 270 valence electrons. The summed E-state index contributed by atoms with van der Waals surface area (Å²) in [6.45, 7) is 6.01. The number of quaternary nitrogens is 1. The molecule has 6 rings (SSSR count). The lowest BCUT2D eigenvalue weighted by Crippen LogP contribution is -2.96. The van der Waals surface area contributed by atoms with Gasteiger partial charge in [-0.2, -0.15) is 11.8 Å². The number of fused-ring (bicyclic) bond motifs is 1. The number of thioether (sulfide) groups is 1. The van der Waals surface area contributed by atoms with E-state index in [0.717, 1.165) is 73.8 Å². The lowest BCUT2D eigenvalue weighted by molar-refractivity contribution is -0.717. The largest absolute Gasteiger partial charge is 0.628 e. The zero-order valence-corrected chi connectivity index (χ0v) is 30.6. The van der Waals surface area contributed by atoms with Crippen LogP contribution in [0.1, 0.15) is 66.5 Å². The molecule has 12 heteroatoms. The van der Waals surface area contributed by atoms with E-state index in [1.807, 2.05) is 30.0 Å². The van der Waals surface area contributed by atoms with Crippen LogP contribution in [0.4, 0.5) is 15.8 Å². The number of carbonyl (C=O) groups is 1. The van der Waals surface area contributed by atoms with Crippen LogP contribution in [0.15, 0.2) is 77.7 Å². The van der Waals surface area contributed by atoms with Gasteiger partial charge in [0.25, 0.3) is 10.0 Å². The highest BCUT2D eigenvalue weighted by atomic mass is 32.2. The zero-order chi connectivity index (χ0) is 36.3. The van der Waals surface area contributed by atoms with E-state index in [9.17, 15) is 23.6 Å². The maximum atomic E-state index is 15.7. The standard InChI is InChI=1S/C39H42FN2O7S2/c1-4-48-38(43)17-13-27-12-14-28(24-34(27)40)41(51(46,47)37-11-6-5-10-36(37)42(44)45)35-16-15-31-32(35)8-7-9-33(31)39-25(2)22-30(23-26(39)3)49-29-18-20-50-21-19-29/h5-12,14,22-24,29,35,42H,4,13,15-21H2,1-3H3/q-1. The molecule has 2 aliphatic rings. The number of carbonyl (C=O) groups excluding carboxylic acids is 1. The Morgan fingerprint density at radius 3 is 2.39 bits per heavy atom. The van der Waals surface area contributed by atoms with Gasteiger partial charge in [0.15, 0.2) is 5.69 Å². The van der Waals surface area contributed by atoms with Gasteiger partial charge in [-0.15, -0.1) is 0 Å². The molecule has 4 aromatic carbocycles. The van der Waals surface area contributed by atoms with Gasteiger partial charge in [-0.25, -0.2) is 12.8 Å². The lowest BCUT2D eigenvalue weighted by Gasteiger charge is -2.33. The normalized spacial score (nSPS) is 16.3. The quantitative estimate of drug-likeness (QED) is 0.119. The second kappa shape index (κ2) is 15.7. The van der Waals surface area contributed by atoms with Gasteiger partial charge in [0.1, 0.15) is 22.6 Å². The molecule has 0 saturated carbocycles. The molecule has 0 amide bonds. The first-order chi connectivity index (χ1) is 24.5. The minimum absolute atomic E-state index is 0.0322. The summed E-state index contributed by atoms with van der Waals surface area (Å²) in [4.78, 5) is 11.5. The fourth-order valence-corrected chi connectivity index (χ4v) is 10.2. The van der Waals surface area contributed by atoms with Crippen LogP contribution in [0.3, 0.4) is 0 Å². The fourth-order valence-electron chi connectivity index (χ4n) is 7.31. The van der Waals surface area contributed by atoms with Crippen molar-refractivity contribution in [2.24, 2.45) is 0 Å². The van der Waals surface area contributed by atoms with Crippen molar-refractivity contribution in [1.82, 2.24) is 0 Å². The van der Waals surface area contributed by atoms with Crippen LogP contribution in [0.25, 0.3) is 11.1 Å². The SMILES string of the molecule is CCOC(=O)CCc1ccc(N(C2CCc3c(-c4c(C)cc(OC5CCSCC5)cc4C)cccc32)S(=O)(=O)c2ccccc2[NH+]([O-])[O-])cc1F. The molecule has 1 fully saturated rings. The number of nitrogens with zero attached hydrogens (tertiary/aromatic N) is 1. The zero-order valence-electron chi connectivity index (χ0n) is 28.9. The Hall–Kier alpha value is -3.94. The summed E-state index contributed by atoms with van der Waals surface area (Å²) in [5.74, 6) is 1.88. The van der Waals surface area contributed by atoms with Crippen molar-refractivity contribution in [3.8, 4) is 16.9 Å². The molecule has 1 saturated heterocycles. The van der Waals surface area contributed by atoms with E-state index in [-0.39, 0.29) is 36.8 Å². The summed E-state index contributed by atoms with van der Waals surface area (Å²) in [6.07, 6.45) is 3.20. The highest BCUT2D eigenvalue weighted by Gasteiger charge is 2.39. The van der Waals surface area contributed by atoms with Gasteiger partial charge in [0.2, 0.25) is 0 Å². The number of rotatable bonds is 12. The van der Waals surface area contributed by atoms with Crippen LogP contribution in [-0.4, -0.2) is 38.6 Å². The van der Waals surface area contributed by atoms with Crippen LogP contribution in [0, 0.1) is 30.1 Å². The van der Waals surface area contributed by atoms with Crippen LogP contribution < -0.4 is 14.3 Å². The number of anilines is 1. The molecule has 1 heterocycles. The molecular formula is C39H42FN2O7S2-. The molecule has 4 aromatic rings. The second-order valence-corrected chi connectivity index (χ2v) is 16.0. The third-order valence-electron chi connectivity index (χ3n) is 9.61. The van der Waals surface area contributed by atoms with Gasteiger partial charge in [0.05, 0.1) is 18.3 Å². The van der Waals surface area contributed by atoms with Crippen molar-refractivity contribution < 1.29 is 32.3 Å². The third-order valence-corrected chi connectivity index (χ3v) is 12.6. The lowest BCUT2D eigenvalue weighted by atomic mass is 9.90. The van der Waals surface area contributed by atoms with E-state index in [1.54, 1.807) is 6.92 Å². The number of aryl methyl sites for hydroxylation is 3. The van der Waals surface area contributed by atoms with Crippen molar-refractivity contribution in [3.63, 3.8) is 0 Å². The molecule has 0 aromatic heterocycles. The molecule has 0 radical (unpaired) electrons. The average Bonchev–Trinajstić information content (AvgIpc) is 3.52. The van der Waals surface area contributed by atoms with E-state index >= 15 is 4.39 Å². The highest BCUT2D eigenvalue weighted by molar-refractivity contribution is 7.99. The fraction of sp³-hybridized carbons (Fsp3) is 0.359. The van der Waals surface area contributed by atoms with Gasteiger partial charge in [-0.3, -0.25) is 9.10 Å². The summed E-state index contributed by atoms with van der Waals surface area (Å²) < 4.78 is 57.5. The number of hydrogen-bond donors (Lipinski definition) is 1. The minimum Gasteiger partial charge on any atom is -0.628 e. The first-order valence-corrected chi connectivity index (χ1v) is 19.9. The Morgan fingerprint density at radius 2 is 1.71 bits per heavy atom. The predicted molar refractivity (Wildman–Crippen MR) is 198 cm³/mol. The monoisotopic (exact) mass is 733 g/mol. The van der Waals surface area contributed by atoms with Crippen molar-refractivity contribution in [2.75, 3.05) is 22.4 Å². The number of nitrogens with one attached hydrogen (secondary N) is 1. The Bertz CT molecular complexity index is 1990. The van der Waals surface area contributed by atoms with E-state index in [2.05, 4.69) is 26.0 Å². The van der Waals surface area contributed by atoms with Gasteiger partial charge in [-0.05, 0) is 134 Å². The minimum atomic E-state index is -4.58. The molecule has 1 aliphatic heterocycles. The van der Waals surface area contributed by atoms with E-state index in [4.69, 9.17) is 9.47 Å². The third kappa shape index (κ3) is 7.80. The van der Waals surface area contributed by atoms with E-state index in [0.29, 0.717) is 12.8 Å². The van der Waals surface area contributed by atoms with Gasteiger partial charge < -0.3 is 25.1 Å². The summed E-state index contributed by atoms with van der Waals surface area (Å²) in [5, 5.41) is 22.6. The van der Waals surface area contributed by atoms with Gasteiger partial charge in [-0.1, -0.05) is 36.4 Å². The number of benzene rings is 4. The topological polar surface area (TPSA) is 123 Å². The molecule has 51 heavy (non-hydrogen) atoms. The number of sulfonamides is 1. The van der Waals surface area contributed by atoms with E-state index in [1.165, 1.54) is 36.4 Å². The second-order valence-electron chi connectivity index (χ2n) is 13.0. The molecular weight excluding hydrogens is 692 g/mol. The van der Waals surface area contributed by atoms with E-state index < -0.39 is 43.7 Å². The highest BCUT2D eigenvalue weighted by Crippen LogP contribution is 2.46. The molecule has 1 unspecified atom stereocenters. The number of hydrogen-bond acceptors (Lipinski definition) is 8. The van der Waals surface area contributed by atoms with Crippen molar-refractivity contribution in [3.05, 3.63) is 117 Å². The Morgan fingerprint density at radius 1 is 0.980 bits per heavy atom. The molecule has 1 aliphatic carbocycles. The Kier molecular flexibility index (Phi) is 11.4. The van der Waals surface area contributed by atoms with Crippen LogP contribution in [0.2, 0.25) is 0 Å².